The summed E-state index contributed by atoms with van der Waals surface area (Å²) in [6.45, 7) is 5.41. The number of likely N-dealkylation sites (N-methyl/N-ethyl adjacent to an activating group) is 1. The van der Waals surface area contributed by atoms with Gasteiger partial charge in [0, 0.05) is 13.1 Å². The van der Waals surface area contributed by atoms with E-state index in [1.54, 1.807) is 55.5 Å². The van der Waals surface area contributed by atoms with Crippen LogP contribution in [0.3, 0.4) is 0 Å². The largest absolute Gasteiger partial charge is 0.495 e. The molecule has 0 unspecified atom stereocenters. The van der Waals surface area contributed by atoms with Crippen molar-refractivity contribution < 1.29 is 30.5 Å². The van der Waals surface area contributed by atoms with Crippen LogP contribution in [0, 0.1) is 19.7 Å². The van der Waals surface area contributed by atoms with Crippen LogP contribution in [0.2, 0.25) is 0 Å². The van der Waals surface area contributed by atoms with E-state index >= 15 is 0 Å². The lowest BCUT2D eigenvalue weighted by molar-refractivity contribution is 0.352. The SMILES string of the molecule is COc1cc2c(cc1S(=O)(=O)c1ccc(Cc3ccc(C)c(F)c3)cc1)CCN(C)CC2.Cc1ccc(S(=O)(=O)O)cc1. The molecule has 0 bridgehead atoms. The second-order valence-corrected chi connectivity index (χ2v) is 14.1. The molecule has 228 valence electrons. The number of rotatable bonds is 6. The van der Waals surface area contributed by atoms with Crippen LogP contribution in [-0.4, -0.2) is 53.5 Å². The predicted octanol–water partition coefficient (Wildman–Crippen LogP) is 5.84. The zero-order valence-electron chi connectivity index (χ0n) is 24.7. The lowest BCUT2D eigenvalue weighted by Crippen LogP contribution is -2.20. The first-order valence-corrected chi connectivity index (χ1v) is 16.7. The molecule has 1 heterocycles. The molecule has 0 aromatic heterocycles. The molecule has 10 heteroatoms. The zero-order chi connectivity index (χ0) is 31.4. The van der Waals surface area contributed by atoms with Crippen LogP contribution in [0.1, 0.15) is 33.4 Å². The highest BCUT2D eigenvalue weighted by Crippen LogP contribution is 2.34. The number of nitrogens with zero attached hydrogens (tertiary/aromatic N) is 1. The lowest BCUT2D eigenvalue weighted by atomic mass is 10.0. The van der Waals surface area contributed by atoms with Gasteiger partial charge in [-0.1, -0.05) is 42.0 Å². The van der Waals surface area contributed by atoms with Crippen LogP contribution in [0.4, 0.5) is 4.39 Å². The van der Waals surface area contributed by atoms with E-state index in [1.165, 1.54) is 25.3 Å². The summed E-state index contributed by atoms with van der Waals surface area (Å²) >= 11 is 0. The minimum atomic E-state index is -4.02. The van der Waals surface area contributed by atoms with Crippen molar-refractivity contribution in [3.05, 3.63) is 118 Å². The fourth-order valence-corrected chi connectivity index (χ4v) is 6.75. The zero-order valence-corrected chi connectivity index (χ0v) is 26.3. The molecule has 1 N–H and O–H groups in total. The molecule has 1 aliphatic heterocycles. The summed E-state index contributed by atoms with van der Waals surface area (Å²) < 4.78 is 75.8. The molecule has 0 amide bonds. The Hall–Kier alpha value is -3.57. The number of hydrogen-bond acceptors (Lipinski definition) is 6. The smallest absolute Gasteiger partial charge is 0.294 e. The van der Waals surface area contributed by atoms with E-state index in [-0.39, 0.29) is 20.5 Å². The quantitative estimate of drug-likeness (QED) is 0.269. The first kappa shape index (κ1) is 32.3. The second kappa shape index (κ2) is 13.4. The maximum atomic E-state index is 13.8. The summed E-state index contributed by atoms with van der Waals surface area (Å²) in [7, 11) is -4.18. The Morgan fingerprint density at radius 3 is 1.91 bits per heavy atom. The van der Waals surface area contributed by atoms with Crippen LogP contribution in [0.5, 0.6) is 5.75 Å². The van der Waals surface area contributed by atoms with Gasteiger partial charge in [0.2, 0.25) is 9.84 Å². The third kappa shape index (κ3) is 8.08. The summed E-state index contributed by atoms with van der Waals surface area (Å²) in [5.41, 5.74) is 5.54. The van der Waals surface area contributed by atoms with Crippen molar-refractivity contribution >= 4 is 20.0 Å². The van der Waals surface area contributed by atoms with Crippen molar-refractivity contribution in [2.45, 2.75) is 47.8 Å². The molecule has 0 radical (unpaired) electrons. The van der Waals surface area contributed by atoms with E-state index < -0.39 is 20.0 Å². The summed E-state index contributed by atoms with van der Waals surface area (Å²) in [4.78, 5) is 2.61. The van der Waals surface area contributed by atoms with Crippen molar-refractivity contribution in [3.63, 3.8) is 0 Å². The van der Waals surface area contributed by atoms with Crippen LogP contribution in [0.15, 0.2) is 93.5 Å². The van der Waals surface area contributed by atoms with Gasteiger partial charge in [-0.2, -0.15) is 8.42 Å². The van der Waals surface area contributed by atoms with Gasteiger partial charge in [0.05, 0.1) is 16.9 Å². The molecular formula is C33H36FNO6S2. The summed E-state index contributed by atoms with van der Waals surface area (Å²) in [5.74, 6) is 0.149. The summed E-state index contributed by atoms with van der Waals surface area (Å²) in [6, 6.07) is 21.6. The van der Waals surface area contributed by atoms with E-state index in [2.05, 4.69) is 11.9 Å². The Morgan fingerprint density at radius 1 is 0.791 bits per heavy atom. The minimum Gasteiger partial charge on any atom is -0.495 e. The number of ether oxygens (including phenoxy) is 1. The molecule has 0 aliphatic carbocycles. The van der Waals surface area contributed by atoms with Gasteiger partial charge >= 0.3 is 0 Å². The molecule has 0 spiro atoms. The van der Waals surface area contributed by atoms with Gasteiger partial charge in [-0.15, -0.1) is 0 Å². The lowest BCUT2D eigenvalue weighted by Gasteiger charge is -2.15. The number of halogens is 1. The molecule has 0 fully saturated rings. The third-order valence-corrected chi connectivity index (χ3v) is 10.2. The molecule has 0 atom stereocenters. The van der Waals surface area contributed by atoms with Crippen LogP contribution >= 0.6 is 0 Å². The number of methoxy groups -OCH3 is 1. The van der Waals surface area contributed by atoms with Gasteiger partial charge in [-0.05, 0) is 110 Å². The third-order valence-electron chi connectivity index (χ3n) is 7.50. The molecular weight excluding hydrogens is 589 g/mol. The molecule has 1 aliphatic rings. The number of benzene rings is 4. The van der Waals surface area contributed by atoms with E-state index in [0.717, 1.165) is 53.7 Å². The molecule has 0 saturated carbocycles. The van der Waals surface area contributed by atoms with E-state index in [0.29, 0.717) is 17.7 Å². The minimum absolute atomic E-state index is 0.0666. The topological polar surface area (TPSA) is 101 Å². The van der Waals surface area contributed by atoms with Crippen molar-refractivity contribution in [2.24, 2.45) is 0 Å². The molecule has 4 aromatic carbocycles. The number of sulfone groups is 1. The Balaban J connectivity index is 0.000000324. The Bertz CT molecular complexity index is 1800. The average Bonchev–Trinajstić information content (AvgIpc) is 3.15. The van der Waals surface area contributed by atoms with Crippen LogP contribution in [0.25, 0.3) is 0 Å². The number of fused-ring (bicyclic) bond motifs is 1. The van der Waals surface area contributed by atoms with Crippen LogP contribution in [-0.2, 0) is 39.2 Å². The van der Waals surface area contributed by atoms with Gasteiger partial charge in [0.15, 0.2) is 0 Å². The summed E-state index contributed by atoms with van der Waals surface area (Å²) in [5, 5.41) is 0. The highest BCUT2D eigenvalue weighted by molar-refractivity contribution is 7.91. The Morgan fingerprint density at radius 2 is 1.35 bits per heavy atom. The monoisotopic (exact) mass is 625 g/mol. The Kier molecular flexibility index (Phi) is 10.1. The van der Waals surface area contributed by atoms with Gasteiger partial charge in [-0.25, -0.2) is 12.8 Å². The molecule has 43 heavy (non-hydrogen) atoms. The molecule has 5 rings (SSSR count). The van der Waals surface area contributed by atoms with Crippen molar-refractivity contribution in [1.29, 1.82) is 0 Å². The fourth-order valence-electron chi connectivity index (χ4n) is 4.82. The molecule has 4 aromatic rings. The second-order valence-electron chi connectivity index (χ2n) is 10.8. The van der Waals surface area contributed by atoms with Crippen molar-refractivity contribution in [1.82, 2.24) is 4.90 Å². The predicted molar refractivity (Wildman–Crippen MR) is 165 cm³/mol. The standard InChI is InChI=1S/C26H28FNO3S.C7H8O3S/c1-18-4-5-20(15-24(18)27)14-19-6-8-23(9-7-19)32(29,30)26-17-22-11-13-28(2)12-10-21(22)16-25(26)31-3;1-6-2-4-7(5-3-6)11(8,9)10/h4-9,15-17H,10-14H2,1-3H3;2-5H,1H3,(H,8,9,10). The molecule has 0 saturated heterocycles. The van der Waals surface area contributed by atoms with E-state index in [1.807, 2.05) is 19.1 Å². The van der Waals surface area contributed by atoms with Gasteiger partial charge < -0.3 is 9.64 Å². The first-order valence-electron chi connectivity index (χ1n) is 13.8. The first-order chi connectivity index (χ1) is 20.3. The van der Waals surface area contributed by atoms with Crippen molar-refractivity contribution in [2.75, 3.05) is 27.2 Å². The highest BCUT2D eigenvalue weighted by atomic mass is 32.2. The van der Waals surface area contributed by atoms with E-state index in [4.69, 9.17) is 9.29 Å². The maximum absolute atomic E-state index is 13.8. The Labute approximate surface area is 253 Å². The fraction of sp³-hybridized carbons (Fsp3) is 0.273. The number of aryl methyl sites for hydroxylation is 2. The van der Waals surface area contributed by atoms with Gasteiger partial charge in [0.25, 0.3) is 10.1 Å². The average molecular weight is 626 g/mol. The normalized spacial score (nSPS) is 13.8. The van der Waals surface area contributed by atoms with E-state index in [9.17, 15) is 21.2 Å². The molecule has 7 nitrogen and oxygen atoms in total. The van der Waals surface area contributed by atoms with Crippen LogP contribution < -0.4 is 4.74 Å². The van der Waals surface area contributed by atoms with Crippen molar-refractivity contribution in [3.8, 4) is 5.75 Å². The summed E-state index contributed by atoms with van der Waals surface area (Å²) in [6.07, 6.45) is 2.22. The number of hydrogen-bond donors (Lipinski definition) is 1. The maximum Gasteiger partial charge on any atom is 0.294 e. The van der Waals surface area contributed by atoms with Gasteiger partial charge in [-0.3, -0.25) is 4.55 Å². The highest BCUT2D eigenvalue weighted by Gasteiger charge is 2.25. The van der Waals surface area contributed by atoms with Gasteiger partial charge in [0.1, 0.15) is 16.5 Å².